The number of nitrogens with two attached hydrogens (primary N) is 1. The Hall–Kier alpha value is -0.0151. The summed E-state index contributed by atoms with van der Waals surface area (Å²) < 4.78 is 0. The van der Waals surface area contributed by atoms with Crippen LogP contribution in [0.2, 0.25) is 0 Å². The average Bonchev–Trinajstić information content (AvgIpc) is 1.35. The molecule has 0 unspecified atom stereocenters. The van der Waals surface area contributed by atoms with Gasteiger partial charge in [-0.05, 0) is 13.6 Å². The number of likely N-dealkylation sites (N-methyl/N-ethyl adjacent to an activating group) is 1. The van der Waals surface area contributed by atoms with Gasteiger partial charge in [0.25, 0.3) is 0 Å². The lowest BCUT2D eigenvalue weighted by Gasteiger charge is -2.04. The summed E-state index contributed by atoms with van der Waals surface area (Å²) in [6.45, 7) is 1.74. The molecule has 0 aliphatic rings. The molecule has 0 aliphatic carbocycles. The van der Waals surface area contributed by atoms with Gasteiger partial charge in [-0.25, -0.2) is 0 Å². The van der Waals surface area contributed by atoms with Crippen LogP contribution in [0.3, 0.4) is 0 Å². The molecule has 2 N–H and O–H groups in total. The third-order valence-corrected chi connectivity index (χ3v) is 0.576. The van der Waals surface area contributed by atoms with Crippen LogP contribution in [-0.2, 0) is 0 Å². The third-order valence-electron chi connectivity index (χ3n) is 0.576. The van der Waals surface area contributed by atoms with Gasteiger partial charge in [0.15, 0.2) is 7.98 Å². The Bertz CT molecular complexity index is 30.0. The van der Waals surface area contributed by atoms with Gasteiger partial charge in [-0.2, -0.15) is 0 Å². The van der Waals surface area contributed by atoms with Crippen molar-refractivity contribution in [3.8, 4) is 0 Å². The van der Waals surface area contributed by atoms with E-state index in [1.54, 1.807) is 0 Å². The maximum atomic E-state index is 5.19. The Morgan fingerprint density at radius 2 is 2.33 bits per heavy atom. The number of nitrogens with zero attached hydrogens (tertiary/aromatic N) is 1. The molecule has 0 bridgehead atoms. The highest BCUT2D eigenvalue weighted by molar-refractivity contribution is 6.04. The van der Waals surface area contributed by atoms with Crippen LogP contribution in [-0.4, -0.2) is 32.9 Å². The van der Waals surface area contributed by atoms with Crippen LogP contribution in [0.15, 0.2) is 0 Å². The molecule has 0 aromatic carbocycles. The average molecular weight is 85.9 g/mol. The zero-order valence-corrected chi connectivity index (χ0v) is 4.44. The van der Waals surface area contributed by atoms with Crippen LogP contribution in [0.5, 0.6) is 0 Å². The summed E-state index contributed by atoms with van der Waals surface area (Å²) in [6, 6.07) is 0. The summed E-state index contributed by atoms with van der Waals surface area (Å²) in [4.78, 5) is 2.06. The van der Waals surface area contributed by atoms with Gasteiger partial charge in [-0.1, -0.05) is 0 Å². The smallest absolute Gasteiger partial charge is 0.185 e. The predicted molar refractivity (Wildman–Crippen MR) is 30.2 cm³/mol. The van der Waals surface area contributed by atoms with Gasteiger partial charge in [-0.3, -0.25) is 0 Å². The van der Waals surface area contributed by atoms with Crippen molar-refractivity contribution >= 4 is 7.98 Å². The summed E-state index contributed by atoms with van der Waals surface area (Å²) in [5.74, 6) is 0. The van der Waals surface area contributed by atoms with E-state index in [4.69, 9.17) is 5.73 Å². The van der Waals surface area contributed by atoms with Crippen molar-refractivity contribution in [1.82, 2.24) is 4.81 Å². The molecule has 0 rings (SSSR count). The normalized spacial score (nSPS) is 9.83. The lowest BCUT2D eigenvalue weighted by Crippen LogP contribution is -2.22. The first-order chi connectivity index (χ1) is 2.77. The lowest BCUT2D eigenvalue weighted by molar-refractivity contribution is 0.557. The maximum absolute atomic E-state index is 5.19. The molecule has 0 aromatic heterocycles. The topological polar surface area (TPSA) is 29.3 Å². The first-order valence-corrected chi connectivity index (χ1v) is 2.12. The summed E-state index contributed by atoms with van der Waals surface area (Å²) in [5.41, 5.74) is 5.19. The Morgan fingerprint density at radius 1 is 1.83 bits per heavy atom. The van der Waals surface area contributed by atoms with Crippen LogP contribution in [0.1, 0.15) is 0 Å². The van der Waals surface area contributed by atoms with Gasteiger partial charge in [0.1, 0.15) is 0 Å². The third kappa shape index (κ3) is 3.98. The Balaban J connectivity index is 2.63. The molecule has 0 heterocycles. The molecule has 0 amide bonds. The van der Waals surface area contributed by atoms with E-state index in [1.165, 1.54) is 0 Å². The zero-order chi connectivity index (χ0) is 4.99. The van der Waals surface area contributed by atoms with E-state index in [9.17, 15) is 0 Å². The molecule has 0 fully saturated rings. The van der Waals surface area contributed by atoms with Crippen LogP contribution >= 0.6 is 0 Å². The molecule has 0 spiro atoms. The molecular formula is C3H11BN2. The molecule has 0 atom stereocenters. The fraction of sp³-hybridized carbons (Fsp3) is 1.00. The van der Waals surface area contributed by atoms with Gasteiger partial charge in [-0.15, -0.1) is 0 Å². The monoisotopic (exact) mass is 86.1 g/mol. The van der Waals surface area contributed by atoms with Crippen molar-refractivity contribution in [1.29, 1.82) is 0 Å². The molecular weight excluding hydrogens is 74.9 g/mol. The number of rotatable bonds is 2. The van der Waals surface area contributed by atoms with Crippen LogP contribution in [0, 0.1) is 0 Å². The summed E-state index contributed by atoms with van der Waals surface area (Å²) in [7, 11) is 4.01. The van der Waals surface area contributed by atoms with E-state index in [0.717, 1.165) is 13.1 Å². The maximum Gasteiger partial charge on any atom is 0.185 e. The second-order valence-electron chi connectivity index (χ2n) is 1.59. The van der Waals surface area contributed by atoms with Crippen molar-refractivity contribution in [2.75, 3.05) is 20.1 Å². The van der Waals surface area contributed by atoms with Crippen molar-refractivity contribution in [3.05, 3.63) is 0 Å². The first kappa shape index (κ1) is 5.98. The molecule has 0 saturated carbocycles. The molecule has 0 aromatic rings. The fourth-order valence-electron chi connectivity index (χ4n) is 0.258. The van der Waals surface area contributed by atoms with Crippen molar-refractivity contribution in [3.63, 3.8) is 0 Å². The molecule has 36 valence electrons. The highest BCUT2D eigenvalue weighted by Crippen LogP contribution is 1.62. The SMILES string of the molecule is BN(C)CCN. The van der Waals surface area contributed by atoms with Gasteiger partial charge < -0.3 is 10.5 Å². The second-order valence-corrected chi connectivity index (χ2v) is 1.59. The minimum absolute atomic E-state index is 0.757. The lowest BCUT2D eigenvalue weighted by atomic mass is 10.3. The quantitative estimate of drug-likeness (QED) is 0.411. The van der Waals surface area contributed by atoms with Crippen molar-refractivity contribution in [2.45, 2.75) is 0 Å². The molecule has 0 aliphatic heterocycles. The van der Waals surface area contributed by atoms with E-state index in [0.29, 0.717) is 0 Å². The van der Waals surface area contributed by atoms with Crippen molar-refractivity contribution < 1.29 is 0 Å². The molecule has 2 nitrogen and oxygen atoms in total. The standard InChI is InChI=1S/C3H11BN2/c1-6(4)3-2-5/h2-5H2,1H3. The molecule has 3 heteroatoms. The van der Waals surface area contributed by atoms with Gasteiger partial charge >= 0.3 is 0 Å². The first-order valence-electron chi connectivity index (χ1n) is 2.12. The molecule has 0 radical (unpaired) electrons. The second kappa shape index (κ2) is 3.19. The Morgan fingerprint density at radius 3 is 2.33 bits per heavy atom. The van der Waals surface area contributed by atoms with Gasteiger partial charge in [0.2, 0.25) is 0 Å². The van der Waals surface area contributed by atoms with E-state index >= 15 is 0 Å². The minimum Gasteiger partial charge on any atom is -0.350 e. The molecule has 6 heavy (non-hydrogen) atoms. The van der Waals surface area contributed by atoms with Crippen molar-refractivity contribution in [2.24, 2.45) is 5.73 Å². The van der Waals surface area contributed by atoms with E-state index in [2.05, 4.69) is 4.81 Å². The zero-order valence-electron chi connectivity index (χ0n) is 4.44. The Labute approximate surface area is 39.7 Å². The van der Waals surface area contributed by atoms with E-state index < -0.39 is 0 Å². The Kier molecular flexibility index (Phi) is 3.18. The van der Waals surface area contributed by atoms with E-state index in [-0.39, 0.29) is 0 Å². The van der Waals surface area contributed by atoms with Crippen LogP contribution in [0.25, 0.3) is 0 Å². The van der Waals surface area contributed by atoms with Gasteiger partial charge in [0.05, 0.1) is 0 Å². The summed E-state index contributed by atoms with van der Waals surface area (Å²) >= 11 is 0. The van der Waals surface area contributed by atoms with Crippen LogP contribution < -0.4 is 5.73 Å². The fourth-order valence-corrected chi connectivity index (χ4v) is 0.258. The number of hydrogen-bond acceptors (Lipinski definition) is 2. The highest BCUT2D eigenvalue weighted by Gasteiger charge is 1.79. The predicted octanol–water partition coefficient (Wildman–Crippen LogP) is -1.57. The summed E-state index contributed by atoms with van der Waals surface area (Å²) in [5, 5.41) is 0. The largest absolute Gasteiger partial charge is 0.350 e. The summed E-state index contributed by atoms with van der Waals surface area (Å²) in [6.07, 6.45) is 0. The van der Waals surface area contributed by atoms with Crippen LogP contribution in [0.4, 0.5) is 0 Å². The molecule has 0 saturated heterocycles. The van der Waals surface area contributed by atoms with Gasteiger partial charge in [0, 0.05) is 6.54 Å². The highest BCUT2D eigenvalue weighted by atomic mass is 15.0. The number of hydrogen-bond donors (Lipinski definition) is 1. The minimum atomic E-state index is 0.757. The van der Waals surface area contributed by atoms with E-state index in [1.807, 2.05) is 15.0 Å².